The average molecular weight is 482 g/mol. The predicted octanol–water partition coefficient (Wildman–Crippen LogP) is 4.35. The molecular formula is C28H39N3O4. The van der Waals surface area contributed by atoms with Crippen LogP contribution in [0, 0.1) is 12.8 Å². The molecule has 1 aromatic heterocycles. The lowest BCUT2D eigenvalue weighted by atomic mass is 9.92. The zero-order valence-corrected chi connectivity index (χ0v) is 21.9. The summed E-state index contributed by atoms with van der Waals surface area (Å²) in [6.45, 7) is 14.3. The van der Waals surface area contributed by atoms with E-state index in [1.165, 1.54) is 0 Å². The fourth-order valence-electron chi connectivity index (χ4n) is 5.08. The number of benzene rings is 1. The van der Waals surface area contributed by atoms with E-state index in [4.69, 9.17) is 9.15 Å². The number of carbonyl (C=O) groups is 2. The molecule has 4 rings (SSSR count). The lowest BCUT2D eigenvalue weighted by Crippen LogP contribution is -2.60. The normalized spacial score (nSPS) is 20.2. The number of carbonyl (C=O) groups excluding carboxylic acids is 2. The molecule has 1 atom stereocenters. The van der Waals surface area contributed by atoms with Crippen molar-refractivity contribution < 1.29 is 18.7 Å². The van der Waals surface area contributed by atoms with E-state index in [1.807, 2.05) is 53.1 Å². The Morgan fingerprint density at radius 2 is 1.86 bits per heavy atom. The van der Waals surface area contributed by atoms with Gasteiger partial charge in [0.2, 0.25) is 5.91 Å². The molecule has 1 unspecified atom stereocenters. The van der Waals surface area contributed by atoms with Crippen molar-refractivity contribution in [1.29, 1.82) is 0 Å². The van der Waals surface area contributed by atoms with Crippen molar-refractivity contribution in [3.63, 3.8) is 0 Å². The maximum atomic E-state index is 13.4. The number of nitrogens with one attached hydrogen (secondary N) is 1. The van der Waals surface area contributed by atoms with E-state index >= 15 is 0 Å². The highest BCUT2D eigenvalue weighted by atomic mass is 16.5. The molecule has 0 bridgehead atoms. The van der Waals surface area contributed by atoms with Crippen LogP contribution in [0.15, 0.2) is 40.8 Å². The number of hydrogen-bond donors (Lipinski definition) is 1. The van der Waals surface area contributed by atoms with E-state index in [2.05, 4.69) is 39.9 Å². The maximum Gasteiger partial charge on any atom is 0.257 e. The summed E-state index contributed by atoms with van der Waals surface area (Å²) in [6, 6.07) is 11.3. The molecule has 2 aliphatic heterocycles. The number of rotatable bonds is 6. The molecule has 35 heavy (non-hydrogen) atoms. The first-order valence-electron chi connectivity index (χ1n) is 12.7. The van der Waals surface area contributed by atoms with Gasteiger partial charge in [0.25, 0.3) is 5.91 Å². The van der Waals surface area contributed by atoms with E-state index in [0.717, 1.165) is 11.5 Å². The van der Waals surface area contributed by atoms with Gasteiger partial charge in [-0.2, -0.15) is 0 Å². The van der Waals surface area contributed by atoms with Crippen molar-refractivity contribution in [2.75, 3.05) is 26.2 Å². The van der Waals surface area contributed by atoms with Gasteiger partial charge in [-0.1, -0.05) is 52.8 Å². The fourth-order valence-corrected chi connectivity index (χ4v) is 5.08. The van der Waals surface area contributed by atoms with Gasteiger partial charge < -0.3 is 19.0 Å². The van der Waals surface area contributed by atoms with Gasteiger partial charge in [0.15, 0.2) is 0 Å². The average Bonchev–Trinajstić information content (AvgIpc) is 3.33. The molecule has 2 fully saturated rings. The van der Waals surface area contributed by atoms with Crippen molar-refractivity contribution in [1.82, 2.24) is 15.1 Å². The van der Waals surface area contributed by atoms with Gasteiger partial charge in [0.1, 0.15) is 23.9 Å². The molecule has 2 amide bonds. The first-order chi connectivity index (χ1) is 16.5. The van der Waals surface area contributed by atoms with Gasteiger partial charge in [-0.3, -0.25) is 14.9 Å². The Hall–Kier alpha value is -2.80. The molecule has 7 heteroatoms. The van der Waals surface area contributed by atoms with Crippen molar-refractivity contribution in [2.45, 2.75) is 71.5 Å². The molecule has 0 aliphatic carbocycles. The minimum Gasteiger partial charge on any atom is -0.492 e. The van der Waals surface area contributed by atoms with Crippen LogP contribution in [0.5, 0.6) is 5.75 Å². The van der Waals surface area contributed by atoms with E-state index in [9.17, 15) is 9.59 Å². The second-order valence-corrected chi connectivity index (χ2v) is 11.2. The van der Waals surface area contributed by atoms with Gasteiger partial charge in [-0.25, -0.2) is 0 Å². The number of amides is 2. The Balaban J connectivity index is 1.45. The minimum absolute atomic E-state index is 0.000272. The van der Waals surface area contributed by atoms with Gasteiger partial charge in [0.05, 0.1) is 23.8 Å². The number of furan rings is 1. The second-order valence-electron chi connectivity index (χ2n) is 11.2. The van der Waals surface area contributed by atoms with Crippen LogP contribution in [0.4, 0.5) is 0 Å². The highest BCUT2D eigenvalue weighted by molar-refractivity contribution is 5.95. The number of likely N-dealkylation sites (tertiary alicyclic amines) is 1. The number of hydrogen-bond acceptors (Lipinski definition) is 5. The van der Waals surface area contributed by atoms with E-state index in [-0.39, 0.29) is 29.2 Å². The molecule has 2 aromatic rings. The van der Waals surface area contributed by atoms with Crippen LogP contribution in [0.3, 0.4) is 0 Å². The van der Waals surface area contributed by atoms with Crippen LogP contribution in [0.25, 0.3) is 0 Å². The molecule has 2 aliphatic rings. The molecule has 0 radical (unpaired) electrons. The molecule has 7 nitrogen and oxygen atoms in total. The minimum atomic E-state index is -0.454. The lowest BCUT2D eigenvalue weighted by molar-refractivity contribution is -0.134. The monoisotopic (exact) mass is 481 g/mol. The molecule has 1 spiro atoms. The fraction of sp³-hybridized carbons (Fsp3) is 0.571. The highest BCUT2D eigenvalue weighted by Gasteiger charge is 2.52. The molecule has 1 N–H and O–H groups in total. The van der Waals surface area contributed by atoms with Gasteiger partial charge in [-0.15, -0.1) is 0 Å². The Bertz CT molecular complexity index is 1050. The summed E-state index contributed by atoms with van der Waals surface area (Å²) in [5.41, 5.74) is 0.0251. The zero-order chi connectivity index (χ0) is 25.4. The number of nitrogens with zero attached hydrogens (tertiary/aromatic N) is 2. The third kappa shape index (κ3) is 5.10. The van der Waals surface area contributed by atoms with Crippen LogP contribution >= 0.6 is 0 Å². The topological polar surface area (TPSA) is 75.0 Å². The zero-order valence-electron chi connectivity index (χ0n) is 21.9. The van der Waals surface area contributed by atoms with Crippen molar-refractivity contribution >= 4 is 11.8 Å². The third-order valence-corrected chi connectivity index (χ3v) is 7.23. The van der Waals surface area contributed by atoms with Crippen LogP contribution in [0.2, 0.25) is 0 Å². The quantitative estimate of drug-likeness (QED) is 0.664. The van der Waals surface area contributed by atoms with Gasteiger partial charge in [-0.05, 0) is 31.0 Å². The largest absolute Gasteiger partial charge is 0.492 e. The molecule has 190 valence electrons. The van der Waals surface area contributed by atoms with Crippen LogP contribution in [-0.4, -0.2) is 59.6 Å². The molecule has 1 aromatic carbocycles. The van der Waals surface area contributed by atoms with E-state index in [1.54, 1.807) is 0 Å². The Morgan fingerprint density at radius 1 is 1.20 bits per heavy atom. The smallest absolute Gasteiger partial charge is 0.257 e. The number of aryl methyl sites for hydroxylation is 1. The van der Waals surface area contributed by atoms with Crippen LogP contribution in [0.1, 0.15) is 69.3 Å². The number of piperidine rings is 1. The summed E-state index contributed by atoms with van der Waals surface area (Å²) in [7, 11) is 0. The number of para-hydroxylation sites is 1. The van der Waals surface area contributed by atoms with Crippen molar-refractivity contribution in [2.24, 2.45) is 5.92 Å². The Kier molecular flexibility index (Phi) is 7.00. The van der Waals surface area contributed by atoms with Gasteiger partial charge in [0, 0.05) is 31.3 Å². The highest BCUT2D eigenvalue weighted by Crippen LogP contribution is 2.35. The van der Waals surface area contributed by atoms with Crippen molar-refractivity contribution in [3.8, 4) is 5.75 Å². The molecular weight excluding hydrogens is 442 g/mol. The predicted molar refractivity (Wildman–Crippen MR) is 135 cm³/mol. The Morgan fingerprint density at radius 3 is 2.43 bits per heavy atom. The standard InChI is InChI=1S/C28H39N3O4/c1-19(2)24-26(33)31(16-17-34-21-10-8-7-9-11-21)28(29-24)12-14-30(15-13-28)25(32)22-18-23(27(4,5)6)35-20(22)3/h7-11,18-19,24,29H,12-17H2,1-6H3. The summed E-state index contributed by atoms with van der Waals surface area (Å²) >= 11 is 0. The van der Waals surface area contributed by atoms with Crippen LogP contribution < -0.4 is 10.1 Å². The second kappa shape index (κ2) is 9.69. The summed E-state index contributed by atoms with van der Waals surface area (Å²) in [5.74, 6) is 2.58. The summed E-state index contributed by atoms with van der Waals surface area (Å²) in [5, 5.41) is 3.65. The van der Waals surface area contributed by atoms with E-state index in [0.29, 0.717) is 50.4 Å². The molecule has 0 saturated carbocycles. The lowest BCUT2D eigenvalue weighted by Gasteiger charge is -2.44. The van der Waals surface area contributed by atoms with Gasteiger partial charge >= 0.3 is 0 Å². The summed E-state index contributed by atoms with van der Waals surface area (Å²) in [6.07, 6.45) is 1.37. The molecule has 3 heterocycles. The first-order valence-corrected chi connectivity index (χ1v) is 12.7. The SMILES string of the molecule is Cc1oc(C(C)(C)C)cc1C(=O)N1CCC2(CC1)NC(C(C)C)C(=O)N2CCOc1ccccc1. The van der Waals surface area contributed by atoms with E-state index < -0.39 is 5.66 Å². The summed E-state index contributed by atoms with van der Waals surface area (Å²) in [4.78, 5) is 30.6. The first kappa shape index (κ1) is 25.3. The number of ether oxygens (including phenoxy) is 1. The maximum absolute atomic E-state index is 13.4. The third-order valence-electron chi connectivity index (χ3n) is 7.23. The Labute approximate surface area is 208 Å². The van der Waals surface area contributed by atoms with Crippen molar-refractivity contribution in [3.05, 3.63) is 53.5 Å². The molecule has 2 saturated heterocycles. The van der Waals surface area contributed by atoms with Crippen LogP contribution in [-0.2, 0) is 10.2 Å². The summed E-state index contributed by atoms with van der Waals surface area (Å²) < 4.78 is 11.8.